The quantitative estimate of drug-likeness (QED) is 0.562. The lowest BCUT2D eigenvalue weighted by molar-refractivity contribution is 1.42. The van der Waals surface area contributed by atoms with Gasteiger partial charge in [-0.25, -0.2) is 0 Å². The van der Waals surface area contributed by atoms with Gasteiger partial charge in [0, 0.05) is 11.1 Å². The van der Waals surface area contributed by atoms with E-state index in [4.69, 9.17) is 21.0 Å². The average Bonchev–Trinajstić information content (AvgIpc) is 2.44. The maximum Gasteiger partial charge on any atom is 0.136 e. The second-order valence-corrected chi connectivity index (χ2v) is 3.15. The van der Waals surface area contributed by atoms with Crippen LogP contribution in [0.4, 0.5) is 0 Å². The fourth-order valence-corrected chi connectivity index (χ4v) is 1.14. The molecule has 90 valence electrons. The molecule has 0 atom stereocenters. The molecule has 4 heteroatoms. The molecule has 4 nitrogen and oxygen atoms in total. The molecule has 0 bridgehead atoms. The van der Waals surface area contributed by atoms with Crippen LogP contribution in [0.15, 0.2) is 59.3 Å². The minimum Gasteiger partial charge on any atom is -0.192 e. The predicted octanol–water partition coefficient (Wildman–Crippen LogP) is 2.99. The van der Waals surface area contributed by atoms with Crippen LogP contribution in [0.5, 0.6) is 0 Å². The van der Waals surface area contributed by atoms with Crippen molar-refractivity contribution in [3.8, 4) is 24.3 Å². The Balaban J connectivity index is 5.80. The van der Waals surface area contributed by atoms with Crippen LogP contribution >= 0.6 is 0 Å². The minimum absolute atomic E-state index is 0.0479. The Labute approximate surface area is 112 Å². The molecule has 0 aliphatic rings. The lowest BCUT2D eigenvalue weighted by Gasteiger charge is -1.95. The molecule has 0 spiro atoms. The standard InChI is InChI=1S/C15H10N4/c1-3-5-13(15(10-18)11-19)7-6-12(4-2)14(8-16)9-17/h3-7H,2H2,1H3/b5-3+,7-6-. The largest absolute Gasteiger partial charge is 0.192 e. The molecule has 0 saturated carbocycles. The molecule has 0 aromatic rings. The molecule has 0 heterocycles. The van der Waals surface area contributed by atoms with Gasteiger partial charge in [0.1, 0.15) is 35.4 Å². The smallest absolute Gasteiger partial charge is 0.136 e. The van der Waals surface area contributed by atoms with Gasteiger partial charge < -0.3 is 0 Å². The fourth-order valence-electron chi connectivity index (χ4n) is 1.14. The fraction of sp³-hybridized carbons (Fsp3) is 0.0667. The summed E-state index contributed by atoms with van der Waals surface area (Å²) in [6, 6.07) is 7.05. The number of allylic oxidation sites excluding steroid dienone is 9. The Morgan fingerprint density at radius 1 is 0.789 bits per heavy atom. The third-order valence-electron chi connectivity index (χ3n) is 2.03. The highest BCUT2D eigenvalue weighted by molar-refractivity contribution is 5.54. The molecule has 0 aromatic heterocycles. The number of nitriles is 4. The SMILES string of the molecule is C=CC(/C=C\C(/C=C/C)=C(C#N)C#N)=C(C#N)C#N. The topological polar surface area (TPSA) is 95.2 Å². The van der Waals surface area contributed by atoms with E-state index in [1.165, 1.54) is 18.2 Å². The predicted molar refractivity (Wildman–Crippen MR) is 70.7 cm³/mol. The van der Waals surface area contributed by atoms with E-state index in [2.05, 4.69) is 6.58 Å². The summed E-state index contributed by atoms with van der Waals surface area (Å²) in [4.78, 5) is 0. The summed E-state index contributed by atoms with van der Waals surface area (Å²) in [5, 5.41) is 35.1. The van der Waals surface area contributed by atoms with Crippen molar-refractivity contribution in [1.29, 1.82) is 21.0 Å². The van der Waals surface area contributed by atoms with Gasteiger partial charge in [0.2, 0.25) is 0 Å². The zero-order valence-corrected chi connectivity index (χ0v) is 10.4. The van der Waals surface area contributed by atoms with Gasteiger partial charge in [0.05, 0.1) is 0 Å². The Hall–Kier alpha value is -3.34. The van der Waals surface area contributed by atoms with Crippen LogP contribution in [-0.4, -0.2) is 0 Å². The van der Waals surface area contributed by atoms with Gasteiger partial charge in [-0.3, -0.25) is 0 Å². The van der Waals surface area contributed by atoms with Crippen molar-refractivity contribution in [2.24, 2.45) is 0 Å². The van der Waals surface area contributed by atoms with Crippen LogP contribution in [-0.2, 0) is 0 Å². The summed E-state index contributed by atoms with van der Waals surface area (Å²) in [6.07, 6.45) is 7.61. The van der Waals surface area contributed by atoms with Gasteiger partial charge in [-0.2, -0.15) is 21.0 Å². The molecule has 0 radical (unpaired) electrons. The van der Waals surface area contributed by atoms with Crippen molar-refractivity contribution in [3.05, 3.63) is 59.3 Å². The molecular formula is C15H10N4. The van der Waals surface area contributed by atoms with Crippen molar-refractivity contribution >= 4 is 0 Å². The Kier molecular flexibility index (Phi) is 7.23. The van der Waals surface area contributed by atoms with Gasteiger partial charge in [-0.15, -0.1) is 0 Å². The zero-order chi connectivity index (χ0) is 14.7. The van der Waals surface area contributed by atoms with E-state index >= 15 is 0 Å². The van der Waals surface area contributed by atoms with Crippen LogP contribution in [0.25, 0.3) is 0 Å². The molecule has 0 saturated heterocycles. The Morgan fingerprint density at radius 3 is 1.58 bits per heavy atom. The van der Waals surface area contributed by atoms with Crippen LogP contribution in [0.2, 0.25) is 0 Å². The Bertz CT molecular complexity index is 612. The first kappa shape index (κ1) is 15.7. The van der Waals surface area contributed by atoms with E-state index in [9.17, 15) is 0 Å². The summed E-state index contributed by atoms with van der Waals surface area (Å²) in [6.45, 7) is 5.26. The van der Waals surface area contributed by atoms with Crippen molar-refractivity contribution in [2.45, 2.75) is 6.92 Å². The molecule has 0 unspecified atom stereocenters. The van der Waals surface area contributed by atoms with Crippen molar-refractivity contribution < 1.29 is 0 Å². The summed E-state index contributed by atoms with van der Waals surface area (Å²) in [7, 11) is 0. The molecule has 0 aliphatic carbocycles. The molecule has 0 N–H and O–H groups in total. The summed E-state index contributed by atoms with van der Waals surface area (Å²) in [5.74, 6) is 0. The van der Waals surface area contributed by atoms with Crippen LogP contribution in [0.1, 0.15) is 6.92 Å². The van der Waals surface area contributed by atoms with Crippen molar-refractivity contribution in [3.63, 3.8) is 0 Å². The number of hydrogen-bond acceptors (Lipinski definition) is 4. The second-order valence-electron chi connectivity index (χ2n) is 3.15. The van der Waals surface area contributed by atoms with E-state index in [0.717, 1.165) is 0 Å². The highest BCUT2D eigenvalue weighted by Gasteiger charge is 2.01. The minimum atomic E-state index is -0.0819. The number of hydrogen-bond donors (Lipinski definition) is 0. The van der Waals surface area contributed by atoms with Crippen molar-refractivity contribution in [2.75, 3.05) is 0 Å². The number of rotatable bonds is 4. The highest BCUT2D eigenvalue weighted by atomic mass is 14.3. The lowest BCUT2D eigenvalue weighted by Crippen LogP contribution is -1.84. The summed E-state index contributed by atoms with van der Waals surface area (Å²) in [5.41, 5.74) is 0.610. The van der Waals surface area contributed by atoms with Crippen molar-refractivity contribution in [1.82, 2.24) is 0 Å². The second kappa shape index (κ2) is 8.77. The molecular weight excluding hydrogens is 236 g/mol. The summed E-state index contributed by atoms with van der Waals surface area (Å²) < 4.78 is 0. The van der Waals surface area contributed by atoms with Gasteiger partial charge in [0.15, 0.2) is 0 Å². The molecule has 0 aromatic carbocycles. The molecule has 0 amide bonds. The normalized spacial score (nSPS) is 8.89. The first-order valence-corrected chi connectivity index (χ1v) is 5.20. The monoisotopic (exact) mass is 246 g/mol. The third-order valence-corrected chi connectivity index (χ3v) is 2.03. The third kappa shape index (κ3) is 4.58. The van der Waals surface area contributed by atoms with Crippen LogP contribution in [0.3, 0.4) is 0 Å². The number of nitrogens with zero attached hydrogens (tertiary/aromatic N) is 4. The Morgan fingerprint density at radius 2 is 1.21 bits per heavy atom. The first-order valence-electron chi connectivity index (χ1n) is 5.20. The van der Waals surface area contributed by atoms with E-state index in [-0.39, 0.29) is 11.1 Å². The zero-order valence-electron chi connectivity index (χ0n) is 10.4. The van der Waals surface area contributed by atoms with Crippen LogP contribution in [0, 0.1) is 45.3 Å². The average molecular weight is 246 g/mol. The maximum atomic E-state index is 8.81. The van der Waals surface area contributed by atoms with E-state index in [1.807, 2.05) is 0 Å². The van der Waals surface area contributed by atoms with Gasteiger partial charge in [-0.05, 0) is 6.92 Å². The molecule has 0 fully saturated rings. The first-order chi connectivity index (χ1) is 9.18. The highest BCUT2D eigenvalue weighted by Crippen LogP contribution is 2.12. The molecule has 0 aliphatic heterocycles. The van der Waals surface area contributed by atoms with Crippen LogP contribution < -0.4 is 0 Å². The van der Waals surface area contributed by atoms with Gasteiger partial charge in [-0.1, -0.05) is 37.0 Å². The summed E-state index contributed by atoms with van der Waals surface area (Å²) >= 11 is 0. The molecule has 0 rings (SSSR count). The van der Waals surface area contributed by atoms with E-state index in [1.54, 1.807) is 43.4 Å². The lowest BCUT2D eigenvalue weighted by atomic mass is 10.1. The van der Waals surface area contributed by atoms with E-state index in [0.29, 0.717) is 11.1 Å². The molecule has 19 heavy (non-hydrogen) atoms. The maximum absolute atomic E-state index is 8.81. The van der Waals surface area contributed by atoms with Gasteiger partial charge in [0.25, 0.3) is 0 Å². The van der Waals surface area contributed by atoms with Gasteiger partial charge >= 0.3 is 0 Å². The van der Waals surface area contributed by atoms with E-state index < -0.39 is 0 Å².